The van der Waals surface area contributed by atoms with Gasteiger partial charge >= 0.3 is 0 Å². The highest BCUT2D eigenvalue weighted by Crippen LogP contribution is 2.27. The van der Waals surface area contributed by atoms with Gasteiger partial charge in [-0.15, -0.1) is 11.8 Å². The molecule has 1 unspecified atom stereocenters. The van der Waals surface area contributed by atoms with Gasteiger partial charge in [0.2, 0.25) is 11.8 Å². The molecule has 0 aliphatic rings. The molecule has 2 amide bonds. The molecule has 3 aromatic rings. The average Bonchev–Trinajstić information content (AvgIpc) is 2.80. The maximum atomic E-state index is 13.0. The number of benzene rings is 3. The highest BCUT2D eigenvalue weighted by molar-refractivity contribution is 8.00. The third-order valence-corrected chi connectivity index (χ3v) is 7.63. The van der Waals surface area contributed by atoms with E-state index < -0.39 is 15.3 Å². The zero-order chi connectivity index (χ0) is 24.0. The second-order valence-electron chi connectivity index (χ2n) is 7.29. The molecule has 0 spiro atoms. The fraction of sp³-hybridized carbons (Fsp3) is 0.167. The van der Waals surface area contributed by atoms with Crippen molar-refractivity contribution in [2.75, 3.05) is 22.0 Å². The standard InChI is InChI=1S/C24H25N3O4S2/c1-17(32-22-14-12-19(13-15-22)25-18(2)28)24(29)26-20-8-7-11-23(16-20)33(30,31)27(3)21-9-5-4-6-10-21/h4-17H,1-3H3,(H,25,28)(H,26,29). The molecule has 2 N–H and O–H groups in total. The molecule has 172 valence electrons. The summed E-state index contributed by atoms with van der Waals surface area (Å²) in [7, 11) is -2.29. The van der Waals surface area contributed by atoms with Crippen LogP contribution in [0.3, 0.4) is 0 Å². The van der Waals surface area contributed by atoms with Gasteiger partial charge in [0.05, 0.1) is 15.8 Å². The van der Waals surface area contributed by atoms with Gasteiger partial charge in [0.15, 0.2) is 0 Å². The van der Waals surface area contributed by atoms with Crippen molar-refractivity contribution in [2.24, 2.45) is 0 Å². The third kappa shape index (κ3) is 6.36. The van der Waals surface area contributed by atoms with Gasteiger partial charge in [0.25, 0.3) is 10.0 Å². The van der Waals surface area contributed by atoms with Gasteiger partial charge in [0.1, 0.15) is 0 Å². The third-order valence-electron chi connectivity index (χ3n) is 4.74. The van der Waals surface area contributed by atoms with Crippen LogP contribution in [0.25, 0.3) is 0 Å². The lowest BCUT2D eigenvalue weighted by molar-refractivity contribution is -0.115. The summed E-state index contributed by atoms with van der Waals surface area (Å²) in [6, 6.07) is 22.2. The minimum Gasteiger partial charge on any atom is -0.326 e. The first-order valence-electron chi connectivity index (χ1n) is 10.2. The number of para-hydroxylation sites is 1. The van der Waals surface area contributed by atoms with Gasteiger partial charge in [0, 0.05) is 30.2 Å². The highest BCUT2D eigenvalue weighted by atomic mass is 32.2. The van der Waals surface area contributed by atoms with Gasteiger partial charge < -0.3 is 10.6 Å². The van der Waals surface area contributed by atoms with Crippen LogP contribution in [0.1, 0.15) is 13.8 Å². The Morgan fingerprint density at radius 2 is 1.55 bits per heavy atom. The van der Waals surface area contributed by atoms with Crippen LogP contribution in [0.2, 0.25) is 0 Å². The zero-order valence-corrected chi connectivity index (χ0v) is 20.1. The maximum absolute atomic E-state index is 13.0. The molecule has 0 aliphatic carbocycles. The predicted molar refractivity (Wildman–Crippen MR) is 133 cm³/mol. The van der Waals surface area contributed by atoms with Crippen LogP contribution in [-0.2, 0) is 19.6 Å². The maximum Gasteiger partial charge on any atom is 0.264 e. The molecule has 1 atom stereocenters. The fourth-order valence-corrected chi connectivity index (χ4v) is 5.10. The molecule has 0 heterocycles. The van der Waals surface area contributed by atoms with E-state index in [1.165, 1.54) is 42.2 Å². The number of nitrogens with one attached hydrogen (secondary N) is 2. The summed E-state index contributed by atoms with van der Waals surface area (Å²) < 4.78 is 27.3. The quantitative estimate of drug-likeness (QED) is 0.457. The minimum atomic E-state index is -3.79. The van der Waals surface area contributed by atoms with Crippen molar-refractivity contribution in [3.8, 4) is 0 Å². The molecule has 0 fully saturated rings. The average molecular weight is 484 g/mol. The van der Waals surface area contributed by atoms with Crippen LogP contribution in [0, 0.1) is 0 Å². The van der Waals surface area contributed by atoms with E-state index in [9.17, 15) is 18.0 Å². The number of nitrogens with zero attached hydrogens (tertiary/aromatic N) is 1. The Hall–Kier alpha value is -3.30. The van der Waals surface area contributed by atoms with Crippen molar-refractivity contribution in [3.63, 3.8) is 0 Å². The molecule has 0 bridgehead atoms. The van der Waals surface area contributed by atoms with Crippen LogP contribution in [0.15, 0.2) is 88.7 Å². The largest absolute Gasteiger partial charge is 0.326 e. The molecule has 3 rings (SSSR count). The summed E-state index contributed by atoms with van der Waals surface area (Å²) in [6.45, 7) is 3.21. The Morgan fingerprint density at radius 1 is 0.879 bits per heavy atom. The minimum absolute atomic E-state index is 0.0838. The van der Waals surface area contributed by atoms with Gasteiger partial charge in [-0.2, -0.15) is 0 Å². The number of thioether (sulfide) groups is 1. The Balaban J connectivity index is 1.68. The number of carbonyl (C=O) groups is 2. The molecular weight excluding hydrogens is 458 g/mol. The fourth-order valence-electron chi connectivity index (χ4n) is 2.99. The lowest BCUT2D eigenvalue weighted by Crippen LogP contribution is -2.27. The van der Waals surface area contributed by atoms with Crippen molar-refractivity contribution < 1.29 is 18.0 Å². The van der Waals surface area contributed by atoms with E-state index >= 15 is 0 Å². The van der Waals surface area contributed by atoms with E-state index in [1.807, 2.05) is 18.2 Å². The van der Waals surface area contributed by atoms with Gasteiger partial charge in [-0.25, -0.2) is 8.42 Å². The normalized spacial score (nSPS) is 12.0. The van der Waals surface area contributed by atoms with Gasteiger partial charge in [-0.05, 0) is 61.5 Å². The van der Waals surface area contributed by atoms with Crippen molar-refractivity contribution in [3.05, 3.63) is 78.9 Å². The molecule has 0 saturated heterocycles. The van der Waals surface area contributed by atoms with E-state index in [-0.39, 0.29) is 16.7 Å². The molecular formula is C24H25N3O4S2. The van der Waals surface area contributed by atoms with Crippen molar-refractivity contribution in [1.82, 2.24) is 0 Å². The molecule has 3 aromatic carbocycles. The summed E-state index contributed by atoms with van der Waals surface area (Å²) >= 11 is 1.36. The lowest BCUT2D eigenvalue weighted by atomic mass is 10.3. The van der Waals surface area contributed by atoms with Gasteiger partial charge in [-0.1, -0.05) is 24.3 Å². The first kappa shape index (κ1) is 24.3. The number of anilines is 3. The molecule has 0 saturated carbocycles. The van der Waals surface area contributed by atoms with Crippen molar-refractivity contribution in [1.29, 1.82) is 0 Å². The van der Waals surface area contributed by atoms with Crippen LogP contribution in [0.5, 0.6) is 0 Å². The van der Waals surface area contributed by atoms with E-state index in [2.05, 4.69) is 10.6 Å². The SMILES string of the molecule is CC(=O)Nc1ccc(SC(C)C(=O)Nc2cccc(S(=O)(=O)N(C)c3ccccc3)c2)cc1. The Labute approximate surface area is 198 Å². The monoisotopic (exact) mass is 483 g/mol. The first-order valence-corrected chi connectivity index (χ1v) is 12.5. The Bertz CT molecular complexity index is 1230. The molecule has 0 aromatic heterocycles. The number of carbonyl (C=O) groups excluding carboxylic acids is 2. The lowest BCUT2D eigenvalue weighted by Gasteiger charge is -2.20. The van der Waals surface area contributed by atoms with E-state index in [0.717, 1.165) is 4.90 Å². The summed E-state index contributed by atoms with van der Waals surface area (Å²) in [5, 5.41) is 5.06. The van der Waals surface area contributed by atoms with Crippen LogP contribution < -0.4 is 14.9 Å². The molecule has 9 heteroatoms. The summed E-state index contributed by atoms with van der Waals surface area (Å²) in [6.07, 6.45) is 0. The number of amides is 2. The second-order valence-corrected chi connectivity index (χ2v) is 10.7. The van der Waals surface area contributed by atoms with Crippen molar-refractivity contribution in [2.45, 2.75) is 28.9 Å². The summed E-state index contributed by atoms with van der Waals surface area (Å²) in [5.41, 5.74) is 1.62. The topological polar surface area (TPSA) is 95.6 Å². The van der Waals surface area contributed by atoms with E-state index in [1.54, 1.807) is 55.5 Å². The highest BCUT2D eigenvalue weighted by Gasteiger charge is 2.22. The van der Waals surface area contributed by atoms with E-state index in [0.29, 0.717) is 17.1 Å². The number of rotatable bonds is 8. The van der Waals surface area contributed by atoms with Crippen LogP contribution >= 0.6 is 11.8 Å². The number of hydrogen-bond donors (Lipinski definition) is 2. The first-order chi connectivity index (χ1) is 15.7. The second kappa shape index (κ2) is 10.5. The smallest absolute Gasteiger partial charge is 0.264 e. The zero-order valence-electron chi connectivity index (χ0n) is 18.5. The molecule has 0 aliphatic heterocycles. The molecule has 0 radical (unpaired) electrons. The predicted octanol–water partition coefficient (Wildman–Crippen LogP) is 4.59. The number of hydrogen-bond acceptors (Lipinski definition) is 5. The Morgan fingerprint density at radius 3 is 2.18 bits per heavy atom. The summed E-state index contributed by atoms with van der Waals surface area (Å²) in [4.78, 5) is 24.8. The summed E-state index contributed by atoms with van der Waals surface area (Å²) in [5.74, 6) is -0.403. The molecule has 7 nitrogen and oxygen atoms in total. The van der Waals surface area contributed by atoms with E-state index in [4.69, 9.17) is 0 Å². The molecule has 33 heavy (non-hydrogen) atoms. The number of sulfonamides is 1. The Kier molecular flexibility index (Phi) is 7.78. The van der Waals surface area contributed by atoms with Gasteiger partial charge in [-0.3, -0.25) is 13.9 Å². The van der Waals surface area contributed by atoms with Crippen LogP contribution in [-0.4, -0.2) is 32.5 Å². The van der Waals surface area contributed by atoms with Crippen molar-refractivity contribution >= 4 is 50.7 Å². The van der Waals surface area contributed by atoms with Crippen LogP contribution in [0.4, 0.5) is 17.1 Å².